The highest BCUT2D eigenvalue weighted by Gasteiger charge is 2.45. The highest BCUT2D eigenvalue weighted by atomic mass is 15.3. The number of piperidine rings is 1. The third-order valence-electron chi connectivity index (χ3n) is 5.97. The monoisotopic (exact) mass is 250 g/mol. The van der Waals surface area contributed by atoms with Gasteiger partial charge in [-0.15, -0.1) is 0 Å². The molecule has 2 bridgehead atoms. The topological polar surface area (TPSA) is 15.3 Å². The zero-order valence-corrected chi connectivity index (χ0v) is 12.2. The fourth-order valence-corrected chi connectivity index (χ4v) is 5.05. The van der Waals surface area contributed by atoms with E-state index in [1.807, 2.05) is 0 Å². The highest BCUT2D eigenvalue weighted by Crippen LogP contribution is 2.42. The van der Waals surface area contributed by atoms with Gasteiger partial charge >= 0.3 is 0 Å². The number of nitrogens with one attached hydrogen (secondary N) is 1. The van der Waals surface area contributed by atoms with Gasteiger partial charge in [0.05, 0.1) is 0 Å². The SMILES string of the molecule is CCC1CCCCC1N1C2CCC1CC(NC)C2. The van der Waals surface area contributed by atoms with Crippen molar-refractivity contribution < 1.29 is 0 Å². The summed E-state index contributed by atoms with van der Waals surface area (Å²) in [5.74, 6) is 0.994. The van der Waals surface area contributed by atoms with Crippen molar-refractivity contribution in [2.75, 3.05) is 7.05 Å². The minimum atomic E-state index is 0.794. The van der Waals surface area contributed by atoms with Gasteiger partial charge < -0.3 is 5.32 Å². The molecule has 0 spiro atoms. The van der Waals surface area contributed by atoms with Gasteiger partial charge in [-0.3, -0.25) is 4.90 Å². The predicted octanol–water partition coefficient (Wildman–Crippen LogP) is 3.17. The Kier molecular flexibility index (Phi) is 3.95. The summed E-state index contributed by atoms with van der Waals surface area (Å²) < 4.78 is 0. The van der Waals surface area contributed by atoms with E-state index >= 15 is 0 Å². The molecule has 18 heavy (non-hydrogen) atoms. The van der Waals surface area contributed by atoms with Gasteiger partial charge in [0.2, 0.25) is 0 Å². The van der Waals surface area contributed by atoms with Crippen LogP contribution in [-0.4, -0.2) is 36.1 Å². The Labute approximate surface area is 113 Å². The quantitative estimate of drug-likeness (QED) is 0.827. The summed E-state index contributed by atoms with van der Waals surface area (Å²) in [6.45, 7) is 2.41. The van der Waals surface area contributed by atoms with Gasteiger partial charge in [0, 0.05) is 24.2 Å². The number of rotatable bonds is 3. The largest absolute Gasteiger partial charge is 0.317 e. The van der Waals surface area contributed by atoms with Crippen LogP contribution < -0.4 is 5.32 Å². The van der Waals surface area contributed by atoms with E-state index in [4.69, 9.17) is 0 Å². The predicted molar refractivity (Wildman–Crippen MR) is 76.8 cm³/mol. The summed E-state index contributed by atoms with van der Waals surface area (Å²) in [4.78, 5) is 2.99. The molecule has 2 saturated heterocycles. The molecule has 0 aromatic heterocycles. The third kappa shape index (κ3) is 2.22. The van der Waals surface area contributed by atoms with Crippen molar-refractivity contribution in [3.8, 4) is 0 Å². The Morgan fingerprint density at radius 2 is 1.67 bits per heavy atom. The van der Waals surface area contributed by atoms with Gasteiger partial charge in [-0.2, -0.15) is 0 Å². The molecular weight excluding hydrogens is 220 g/mol. The molecule has 0 aromatic rings. The molecule has 1 N–H and O–H groups in total. The fourth-order valence-electron chi connectivity index (χ4n) is 5.05. The molecule has 1 saturated carbocycles. The lowest BCUT2D eigenvalue weighted by Crippen LogP contribution is -2.55. The number of hydrogen-bond donors (Lipinski definition) is 1. The minimum absolute atomic E-state index is 0.794. The molecule has 1 aliphatic carbocycles. The Bertz CT molecular complexity index is 264. The van der Waals surface area contributed by atoms with E-state index in [1.54, 1.807) is 0 Å². The molecule has 0 amide bonds. The summed E-state index contributed by atoms with van der Waals surface area (Å²) in [5, 5.41) is 3.53. The summed E-state index contributed by atoms with van der Waals surface area (Å²) in [5.41, 5.74) is 0. The third-order valence-corrected chi connectivity index (χ3v) is 5.97. The van der Waals surface area contributed by atoms with Gasteiger partial charge in [0.15, 0.2) is 0 Å². The van der Waals surface area contributed by atoms with Crippen molar-refractivity contribution in [2.45, 2.75) is 88.9 Å². The van der Waals surface area contributed by atoms with Crippen LogP contribution in [0.5, 0.6) is 0 Å². The van der Waals surface area contributed by atoms with E-state index in [2.05, 4.69) is 24.2 Å². The second-order valence-electron chi connectivity index (χ2n) is 6.81. The first-order chi connectivity index (χ1) is 8.83. The fraction of sp³-hybridized carbons (Fsp3) is 1.00. The van der Waals surface area contributed by atoms with Crippen molar-refractivity contribution in [3.63, 3.8) is 0 Å². The van der Waals surface area contributed by atoms with E-state index in [-0.39, 0.29) is 0 Å². The molecule has 0 aromatic carbocycles. The molecule has 104 valence electrons. The van der Waals surface area contributed by atoms with E-state index < -0.39 is 0 Å². The van der Waals surface area contributed by atoms with Gasteiger partial charge in [-0.1, -0.05) is 26.2 Å². The molecule has 4 atom stereocenters. The maximum atomic E-state index is 3.53. The van der Waals surface area contributed by atoms with Crippen LogP contribution in [0.1, 0.15) is 64.7 Å². The molecule has 2 nitrogen and oxygen atoms in total. The van der Waals surface area contributed by atoms with Crippen molar-refractivity contribution in [1.29, 1.82) is 0 Å². The zero-order valence-electron chi connectivity index (χ0n) is 12.2. The first-order valence-corrected chi connectivity index (χ1v) is 8.28. The lowest BCUT2D eigenvalue weighted by molar-refractivity contribution is 0.0212. The Morgan fingerprint density at radius 1 is 1.00 bits per heavy atom. The van der Waals surface area contributed by atoms with Crippen LogP contribution in [0.4, 0.5) is 0 Å². The molecule has 2 heterocycles. The van der Waals surface area contributed by atoms with Crippen LogP contribution in [0.3, 0.4) is 0 Å². The lowest BCUT2D eigenvalue weighted by Gasteiger charge is -2.48. The maximum absolute atomic E-state index is 3.53. The maximum Gasteiger partial charge on any atom is 0.0129 e. The van der Waals surface area contributed by atoms with Crippen molar-refractivity contribution in [2.24, 2.45) is 5.92 Å². The normalized spacial score (nSPS) is 45.3. The Hall–Kier alpha value is -0.0800. The Balaban J connectivity index is 1.72. The molecule has 0 radical (unpaired) electrons. The Morgan fingerprint density at radius 3 is 2.28 bits per heavy atom. The first kappa shape index (κ1) is 12.9. The minimum Gasteiger partial charge on any atom is -0.317 e. The van der Waals surface area contributed by atoms with Gasteiger partial charge in [0.1, 0.15) is 0 Å². The highest BCUT2D eigenvalue weighted by molar-refractivity contribution is 5.01. The number of hydrogen-bond acceptors (Lipinski definition) is 2. The molecule has 2 aliphatic heterocycles. The van der Waals surface area contributed by atoms with Crippen LogP contribution in [0.25, 0.3) is 0 Å². The molecular formula is C16H30N2. The van der Waals surface area contributed by atoms with Crippen molar-refractivity contribution in [1.82, 2.24) is 10.2 Å². The summed E-state index contributed by atoms with van der Waals surface area (Å²) in [6.07, 6.45) is 13.1. The van der Waals surface area contributed by atoms with Crippen LogP contribution in [0.15, 0.2) is 0 Å². The van der Waals surface area contributed by atoms with Crippen LogP contribution in [-0.2, 0) is 0 Å². The molecule has 2 heteroatoms. The molecule has 3 rings (SSSR count). The van der Waals surface area contributed by atoms with Gasteiger partial charge in [0.25, 0.3) is 0 Å². The average molecular weight is 250 g/mol. The average Bonchev–Trinajstić information content (AvgIpc) is 2.68. The second kappa shape index (κ2) is 5.50. The molecule has 4 unspecified atom stereocenters. The molecule has 3 fully saturated rings. The van der Waals surface area contributed by atoms with Crippen LogP contribution >= 0.6 is 0 Å². The van der Waals surface area contributed by atoms with E-state index in [0.717, 1.165) is 30.1 Å². The number of fused-ring (bicyclic) bond motifs is 2. The van der Waals surface area contributed by atoms with E-state index in [0.29, 0.717) is 0 Å². The van der Waals surface area contributed by atoms with E-state index in [9.17, 15) is 0 Å². The number of nitrogens with zero attached hydrogens (tertiary/aromatic N) is 1. The van der Waals surface area contributed by atoms with Crippen LogP contribution in [0, 0.1) is 5.92 Å². The first-order valence-electron chi connectivity index (χ1n) is 8.28. The summed E-state index contributed by atoms with van der Waals surface area (Å²) in [6, 6.07) is 3.53. The van der Waals surface area contributed by atoms with Crippen molar-refractivity contribution in [3.05, 3.63) is 0 Å². The van der Waals surface area contributed by atoms with Crippen molar-refractivity contribution >= 4 is 0 Å². The second-order valence-corrected chi connectivity index (χ2v) is 6.81. The zero-order chi connectivity index (χ0) is 12.5. The lowest BCUT2D eigenvalue weighted by atomic mass is 9.80. The van der Waals surface area contributed by atoms with Gasteiger partial charge in [-0.05, 0) is 51.5 Å². The molecule has 3 aliphatic rings. The summed E-state index contributed by atoms with van der Waals surface area (Å²) in [7, 11) is 2.15. The summed E-state index contributed by atoms with van der Waals surface area (Å²) >= 11 is 0. The standard InChI is InChI=1S/C16H30N2/c1-3-12-6-4-5-7-16(12)18-14-8-9-15(18)11-13(10-14)17-2/h12-17H,3-11H2,1-2H3. The van der Waals surface area contributed by atoms with E-state index in [1.165, 1.54) is 57.8 Å². The van der Waals surface area contributed by atoms with Gasteiger partial charge in [-0.25, -0.2) is 0 Å². The smallest absolute Gasteiger partial charge is 0.0129 e. The van der Waals surface area contributed by atoms with Crippen LogP contribution in [0.2, 0.25) is 0 Å².